The second-order valence-electron chi connectivity index (χ2n) is 5.84. The lowest BCUT2D eigenvalue weighted by Gasteiger charge is -2.18. The first-order valence-corrected chi connectivity index (χ1v) is 9.30. The first-order chi connectivity index (χ1) is 12.8. The number of nitrogens with two attached hydrogens (primary N) is 1. The molecule has 0 aliphatic rings. The van der Waals surface area contributed by atoms with E-state index in [9.17, 15) is 14.4 Å². The van der Waals surface area contributed by atoms with Crippen molar-refractivity contribution < 1.29 is 9.59 Å². The van der Waals surface area contributed by atoms with Gasteiger partial charge < -0.3 is 15.6 Å². The minimum atomic E-state index is -0.470. The number of allylic oxidation sites excluding steroid dienone is 1. The fourth-order valence-electron chi connectivity index (χ4n) is 2.36. The lowest BCUT2D eigenvalue weighted by molar-refractivity contribution is -0.115. The Kier molecular flexibility index (Phi) is 6.95. The third-order valence-electron chi connectivity index (χ3n) is 3.80. The zero-order chi connectivity index (χ0) is 20.0. The number of thioether (sulfide) groups is 1. The van der Waals surface area contributed by atoms with Crippen LogP contribution in [0.15, 0.2) is 52.9 Å². The number of anilines is 2. The van der Waals surface area contributed by atoms with Gasteiger partial charge in [-0.1, -0.05) is 24.8 Å². The number of rotatable bonds is 8. The summed E-state index contributed by atoms with van der Waals surface area (Å²) in [5, 5.41) is 2.72. The molecule has 27 heavy (non-hydrogen) atoms. The van der Waals surface area contributed by atoms with Gasteiger partial charge >= 0.3 is 0 Å². The molecule has 2 rings (SSSR count). The molecule has 1 aromatic heterocycles. The summed E-state index contributed by atoms with van der Waals surface area (Å²) in [5.41, 5.74) is 6.61. The van der Waals surface area contributed by atoms with Gasteiger partial charge in [-0.25, -0.2) is 0 Å². The maximum absolute atomic E-state index is 12.6. The highest BCUT2D eigenvalue weighted by Crippen LogP contribution is 2.26. The highest BCUT2D eigenvalue weighted by molar-refractivity contribution is 8.00. The number of hydrogen-bond acceptors (Lipinski definition) is 6. The molecule has 8 heteroatoms. The van der Waals surface area contributed by atoms with Crippen molar-refractivity contribution in [1.82, 2.24) is 9.55 Å². The normalized spacial score (nSPS) is 11.6. The molecule has 0 fully saturated rings. The predicted octanol–water partition coefficient (Wildman–Crippen LogP) is 2.72. The summed E-state index contributed by atoms with van der Waals surface area (Å²) in [7, 11) is 0. The van der Waals surface area contributed by atoms with E-state index in [1.807, 2.05) is 6.92 Å². The molecule has 7 nitrogen and oxygen atoms in total. The Labute approximate surface area is 161 Å². The predicted molar refractivity (Wildman–Crippen MR) is 108 cm³/mol. The monoisotopic (exact) mass is 386 g/mol. The topological polar surface area (TPSA) is 107 Å². The number of nitrogens with zero attached hydrogens (tertiary/aromatic N) is 2. The van der Waals surface area contributed by atoms with Crippen LogP contribution in [0.2, 0.25) is 0 Å². The van der Waals surface area contributed by atoms with Crippen LogP contribution < -0.4 is 16.6 Å². The molecule has 0 aliphatic heterocycles. The molecule has 0 spiro atoms. The Hall–Kier alpha value is -2.87. The molecule has 0 saturated carbocycles. The van der Waals surface area contributed by atoms with Crippen molar-refractivity contribution in [2.24, 2.45) is 0 Å². The highest BCUT2D eigenvalue weighted by Gasteiger charge is 2.21. The van der Waals surface area contributed by atoms with Crippen molar-refractivity contribution in [3.05, 3.63) is 58.9 Å². The Bertz CT molecular complexity index is 906. The fourth-order valence-corrected chi connectivity index (χ4v) is 3.40. The third kappa shape index (κ3) is 5.30. The van der Waals surface area contributed by atoms with E-state index in [-0.39, 0.29) is 17.5 Å². The highest BCUT2D eigenvalue weighted by atomic mass is 32.2. The van der Waals surface area contributed by atoms with E-state index in [1.165, 1.54) is 24.8 Å². The van der Waals surface area contributed by atoms with Crippen LogP contribution in [0.25, 0.3) is 0 Å². The lowest BCUT2D eigenvalue weighted by Crippen LogP contribution is -2.26. The number of ketones is 1. The molecular formula is C19H22N4O3S. The van der Waals surface area contributed by atoms with Crippen LogP contribution in [0.3, 0.4) is 0 Å². The quantitative estimate of drug-likeness (QED) is 0.313. The van der Waals surface area contributed by atoms with Gasteiger partial charge in [-0.3, -0.25) is 14.4 Å². The second-order valence-corrected chi connectivity index (χ2v) is 7.01. The summed E-state index contributed by atoms with van der Waals surface area (Å²) >= 11 is 1.18. The zero-order valence-electron chi connectivity index (χ0n) is 15.3. The van der Waals surface area contributed by atoms with Gasteiger partial charge in [0.25, 0.3) is 5.56 Å². The number of Topliss-reactive ketones (excluding diaryl/α,β-unsaturated/α-hetero) is 1. The number of benzene rings is 1. The van der Waals surface area contributed by atoms with Crippen molar-refractivity contribution in [3.63, 3.8) is 0 Å². The van der Waals surface area contributed by atoms with Crippen LogP contribution in [0.4, 0.5) is 11.5 Å². The molecule has 0 radical (unpaired) electrons. The van der Waals surface area contributed by atoms with Gasteiger partial charge in [0.05, 0.1) is 5.25 Å². The van der Waals surface area contributed by atoms with Gasteiger partial charge in [0.2, 0.25) is 5.91 Å². The van der Waals surface area contributed by atoms with E-state index >= 15 is 0 Å². The zero-order valence-corrected chi connectivity index (χ0v) is 16.1. The smallest absolute Gasteiger partial charge is 0.275 e. The van der Waals surface area contributed by atoms with E-state index in [2.05, 4.69) is 16.9 Å². The maximum Gasteiger partial charge on any atom is 0.275 e. The van der Waals surface area contributed by atoms with E-state index in [4.69, 9.17) is 5.73 Å². The first kappa shape index (κ1) is 20.4. The Balaban J connectivity index is 2.19. The van der Waals surface area contributed by atoms with Crippen LogP contribution in [0.1, 0.15) is 30.6 Å². The number of nitrogen functional groups attached to an aromatic ring is 1. The standard InChI is InChI=1S/C19H22N4O3S/c1-4-10-23-16(20)11-17(25)22-19(23)27-15(5-2)18(26)21-14-8-6-13(7-9-14)12(3)24/h4,6-9,11,15H,1,5,10,20H2,2-3H3,(H,21,26)/t15-/m1/s1. The van der Waals surface area contributed by atoms with Crippen molar-refractivity contribution >= 4 is 35.0 Å². The number of amides is 1. The van der Waals surface area contributed by atoms with Crippen molar-refractivity contribution in [1.29, 1.82) is 0 Å². The Morgan fingerprint density at radius 2 is 2.04 bits per heavy atom. The minimum absolute atomic E-state index is 0.0391. The average Bonchev–Trinajstić information content (AvgIpc) is 2.62. The number of aromatic nitrogens is 2. The molecule has 1 heterocycles. The maximum atomic E-state index is 12.6. The van der Waals surface area contributed by atoms with E-state index in [1.54, 1.807) is 34.9 Å². The Morgan fingerprint density at radius 1 is 1.37 bits per heavy atom. The van der Waals surface area contributed by atoms with Gasteiger partial charge in [0.1, 0.15) is 5.82 Å². The summed E-state index contributed by atoms with van der Waals surface area (Å²) < 4.78 is 1.64. The third-order valence-corrected chi connectivity index (χ3v) is 5.16. The summed E-state index contributed by atoms with van der Waals surface area (Å²) in [5.74, 6) is 0.00943. The van der Waals surface area contributed by atoms with Crippen LogP contribution >= 0.6 is 11.8 Å². The van der Waals surface area contributed by atoms with E-state index < -0.39 is 10.8 Å². The van der Waals surface area contributed by atoms with Gasteiger partial charge in [-0.15, -0.1) is 6.58 Å². The minimum Gasteiger partial charge on any atom is -0.385 e. The first-order valence-electron chi connectivity index (χ1n) is 8.42. The molecule has 3 N–H and O–H groups in total. The SMILES string of the molecule is C=CCn1c(N)cc(=O)nc1S[C@H](CC)C(=O)Nc1ccc(C(C)=O)cc1. The fraction of sp³-hybridized carbons (Fsp3) is 0.263. The van der Waals surface area contributed by atoms with Crippen LogP contribution in [0.5, 0.6) is 0 Å². The van der Waals surface area contributed by atoms with Gasteiger partial charge in [-0.05, 0) is 37.6 Å². The number of nitrogens with one attached hydrogen (secondary N) is 1. The van der Waals surface area contributed by atoms with E-state index in [0.29, 0.717) is 29.4 Å². The molecule has 1 aromatic carbocycles. The van der Waals surface area contributed by atoms with E-state index in [0.717, 1.165) is 0 Å². The molecule has 0 saturated heterocycles. The van der Waals surface area contributed by atoms with Crippen molar-refractivity contribution in [3.8, 4) is 0 Å². The number of hydrogen-bond donors (Lipinski definition) is 2. The summed E-state index contributed by atoms with van der Waals surface area (Å²) in [6.07, 6.45) is 2.17. The van der Waals surface area contributed by atoms with Crippen LogP contribution in [-0.2, 0) is 11.3 Å². The molecule has 0 bridgehead atoms. The molecule has 1 atom stereocenters. The lowest BCUT2D eigenvalue weighted by atomic mass is 10.1. The van der Waals surface area contributed by atoms with Crippen LogP contribution in [-0.4, -0.2) is 26.5 Å². The second kappa shape index (κ2) is 9.18. The summed E-state index contributed by atoms with van der Waals surface area (Å²) in [6.45, 7) is 7.41. The molecule has 0 aliphatic carbocycles. The molecule has 2 aromatic rings. The van der Waals surface area contributed by atoms with Crippen LogP contribution in [0, 0.1) is 0 Å². The Morgan fingerprint density at radius 3 is 2.59 bits per heavy atom. The molecule has 0 unspecified atom stereocenters. The van der Waals surface area contributed by atoms with Crippen molar-refractivity contribution in [2.75, 3.05) is 11.1 Å². The van der Waals surface area contributed by atoms with Gasteiger partial charge in [-0.2, -0.15) is 4.98 Å². The number of carbonyl (C=O) groups excluding carboxylic acids is 2. The molecule has 1 amide bonds. The largest absolute Gasteiger partial charge is 0.385 e. The number of carbonyl (C=O) groups is 2. The molecular weight excluding hydrogens is 364 g/mol. The van der Waals surface area contributed by atoms with Crippen molar-refractivity contribution in [2.45, 2.75) is 37.2 Å². The molecule has 142 valence electrons. The summed E-state index contributed by atoms with van der Waals surface area (Å²) in [4.78, 5) is 39.7. The van der Waals surface area contributed by atoms with Gasteiger partial charge in [0.15, 0.2) is 10.9 Å². The van der Waals surface area contributed by atoms with Gasteiger partial charge in [0, 0.05) is 23.9 Å². The average molecular weight is 386 g/mol. The summed E-state index contributed by atoms with van der Waals surface area (Å²) in [6, 6.07) is 7.92.